The molecule has 0 fully saturated rings. The number of rotatable bonds is 28. The molecule has 17 heteroatoms. The lowest BCUT2D eigenvalue weighted by Gasteiger charge is -2.26. The second kappa shape index (κ2) is 25.6. The molecule has 7 atom stereocenters. The summed E-state index contributed by atoms with van der Waals surface area (Å²) in [4.78, 5) is 36.3. The Morgan fingerprint density at radius 2 is 1.26 bits per heavy atom. The van der Waals surface area contributed by atoms with Gasteiger partial charge in [0, 0.05) is 45.6 Å². The molecule has 0 saturated carbocycles. The van der Waals surface area contributed by atoms with Crippen molar-refractivity contribution < 1.29 is 74.9 Å². The van der Waals surface area contributed by atoms with Crippen LogP contribution in [0.4, 0.5) is 0 Å². The van der Waals surface area contributed by atoms with Gasteiger partial charge in [-0.2, -0.15) is 0 Å². The third-order valence-corrected chi connectivity index (χ3v) is 6.90. The highest BCUT2D eigenvalue weighted by atomic mass is 16.6. The van der Waals surface area contributed by atoms with Gasteiger partial charge in [-0.15, -0.1) is 0 Å². The Bertz CT molecular complexity index is 891. The van der Waals surface area contributed by atoms with Crippen molar-refractivity contribution in [1.82, 2.24) is 10.6 Å². The molecule has 46 heavy (non-hydrogen) atoms. The van der Waals surface area contributed by atoms with Gasteiger partial charge in [0.1, 0.15) is 18.3 Å². The lowest BCUT2D eigenvalue weighted by Crippen LogP contribution is -2.45. The Kier molecular flexibility index (Phi) is 24.3. The number of carbonyl (C=O) groups excluding carboxylic acids is 3. The molecule has 0 radical (unpaired) electrons. The van der Waals surface area contributed by atoms with Crippen LogP contribution in [0.25, 0.3) is 0 Å². The number of amides is 2. The Balaban J connectivity index is 4.11. The molecule has 0 bridgehead atoms. The van der Waals surface area contributed by atoms with Gasteiger partial charge in [-0.3, -0.25) is 14.4 Å². The smallest absolute Gasteiger partial charge is 0.220 e. The lowest BCUT2D eigenvalue weighted by molar-refractivity contribution is -0.203. The number of hydrogen-bond acceptors (Lipinski definition) is 15. The molecule has 0 aromatic heterocycles. The number of nitrogens with one attached hydrogen (secondary N) is 2. The zero-order valence-corrected chi connectivity index (χ0v) is 26.4. The van der Waals surface area contributed by atoms with Gasteiger partial charge in [0.2, 0.25) is 18.1 Å². The summed E-state index contributed by atoms with van der Waals surface area (Å²) < 4.78 is 9.99. The SMILES string of the molecule is CC(=O)C(CCCCNC(=O)CCCCOC(O)/C(O)=C(/O)C(O)CCO)NC(=O)CCCCOC(O)C(O)C(O)C(O)CCO. The minimum absolute atomic E-state index is 0.0371. The fraction of sp³-hybridized carbons (Fsp3) is 0.828. The van der Waals surface area contributed by atoms with Crippen LogP contribution in [0.5, 0.6) is 0 Å². The van der Waals surface area contributed by atoms with Crippen molar-refractivity contribution in [2.75, 3.05) is 33.0 Å². The average molecular weight is 671 g/mol. The molecule has 270 valence electrons. The largest absolute Gasteiger partial charge is 0.506 e. The summed E-state index contributed by atoms with van der Waals surface area (Å²) in [5.74, 6) is -2.64. The van der Waals surface area contributed by atoms with Crippen LogP contribution in [-0.4, -0.2) is 145 Å². The fourth-order valence-electron chi connectivity index (χ4n) is 4.04. The van der Waals surface area contributed by atoms with E-state index >= 15 is 0 Å². The summed E-state index contributed by atoms with van der Waals surface area (Å²) in [6.45, 7) is 0.795. The molecule has 17 nitrogen and oxygen atoms in total. The van der Waals surface area contributed by atoms with Crippen LogP contribution in [0.2, 0.25) is 0 Å². The maximum atomic E-state index is 12.3. The molecule has 0 aliphatic rings. The summed E-state index contributed by atoms with van der Waals surface area (Å²) in [6, 6.07) is -0.687. The maximum absolute atomic E-state index is 12.3. The first-order chi connectivity index (χ1) is 21.8. The second-order valence-corrected chi connectivity index (χ2v) is 10.8. The quantitative estimate of drug-likeness (QED) is 0.0241. The highest BCUT2D eigenvalue weighted by Crippen LogP contribution is 2.13. The van der Waals surface area contributed by atoms with Gasteiger partial charge in [0.05, 0.1) is 18.8 Å². The molecule has 2 amide bonds. The number of ether oxygens (including phenoxy) is 2. The molecule has 0 spiro atoms. The molecule has 12 N–H and O–H groups in total. The average Bonchev–Trinajstić information content (AvgIpc) is 3.01. The van der Waals surface area contributed by atoms with Crippen molar-refractivity contribution in [3.63, 3.8) is 0 Å². The van der Waals surface area contributed by atoms with E-state index in [1.807, 2.05) is 0 Å². The number of unbranched alkanes of at least 4 members (excludes halogenated alkanes) is 3. The van der Waals surface area contributed by atoms with Crippen LogP contribution in [-0.2, 0) is 23.9 Å². The number of aliphatic hydroxyl groups is 10. The molecule has 0 aromatic rings. The summed E-state index contributed by atoms with van der Waals surface area (Å²) in [7, 11) is 0. The van der Waals surface area contributed by atoms with Gasteiger partial charge >= 0.3 is 0 Å². The monoisotopic (exact) mass is 670 g/mol. The number of hydrogen-bond donors (Lipinski definition) is 12. The van der Waals surface area contributed by atoms with Crippen LogP contribution in [0.15, 0.2) is 11.5 Å². The Hall–Kier alpha value is -2.45. The summed E-state index contributed by atoms with van der Waals surface area (Å²) in [5, 5.41) is 100. The van der Waals surface area contributed by atoms with Crippen molar-refractivity contribution in [1.29, 1.82) is 0 Å². The summed E-state index contributed by atoms with van der Waals surface area (Å²) >= 11 is 0. The first-order valence-corrected chi connectivity index (χ1v) is 15.5. The molecule has 0 saturated heterocycles. The van der Waals surface area contributed by atoms with E-state index in [0.29, 0.717) is 51.5 Å². The zero-order chi connectivity index (χ0) is 35.1. The van der Waals surface area contributed by atoms with Gasteiger partial charge < -0.3 is 71.2 Å². The van der Waals surface area contributed by atoms with Crippen molar-refractivity contribution >= 4 is 17.6 Å². The van der Waals surface area contributed by atoms with Gasteiger partial charge in [0.25, 0.3) is 0 Å². The van der Waals surface area contributed by atoms with Crippen LogP contribution in [0, 0.1) is 0 Å². The first kappa shape index (κ1) is 43.5. The zero-order valence-electron chi connectivity index (χ0n) is 26.4. The van der Waals surface area contributed by atoms with Crippen molar-refractivity contribution in [3.05, 3.63) is 11.5 Å². The predicted octanol–water partition coefficient (Wildman–Crippen LogP) is -2.11. The highest BCUT2D eigenvalue weighted by molar-refractivity contribution is 5.87. The van der Waals surface area contributed by atoms with E-state index in [9.17, 15) is 55.2 Å². The van der Waals surface area contributed by atoms with Crippen LogP contribution >= 0.6 is 0 Å². The van der Waals surface area contributed by atoms with Gasteiger partial charge in [-0.05, 0) is 58.3 Å². The molecule has 0 aliphatic carbocycles. The number of carbonyl (C=O) groups is 3. The standard InChI is InChI=1S/C29H54N2O15/c1-18(34)19(31-23(38)10-4-7-17-46-29(44)27(42)25(40)21(36)12-15-33)8-2-5-13-30-22(37)9-3-6-16-45-28(43)26(41)24(39)20(35)11-14-32/h19-21,25,27-29,32-33,35-36,39-44H,2-17H2,1H3,(H,30,37)(H,31,38)/b26-24-. The van der Waals surface area contributed by atoms with Crippen molar-refractivity contribution in [3.8, 4) is 0 Å². The van der Waals surface area contributed by atoms with E-state index in [-0.39, 0.29) is 56.5 Å². The van der Waals surface area contributed by atoms with Crippen molar-refractivity contribution in [2.45, 2.75) is 121 Å². The lowest BCUT2D eigenvalue weighted by atomic mass is 10.1. The van der Waals surface area contributed by atoms with E-state index in [0.717, 1.165) is 0 Å². The topological polar surface area (TPSA) is 296 Å². The van der Waals surface area contributed by atoms with E-state index in [1.54, 1.807) is 0 Å². The minimum Gasteiger partial charge on any atom is -0.506 e. The van der Waals surface area contributed by atoms with Crippen LogP contribution < -0.4 is 10.6 Å². The van der Waals surface area contributed by atoms with E-state index in [4.69, 9.17) is 19.7 Å². The summed E-state index contributed by atoms with van der Waals surface area (Å²) in [6.07, 6.45) is -7.34. The molecular formula is C29H54N2O15. The normalized spacial score (nSPS) is 16.8. The molecule has 7 unspecified atom stereocenters. The number of ketones is 1. The number of Topliss-reactive ketones (excluding diaryl/α,β-unsaturated/α-hetero) is 1. The maximum Gasteiger partial charge on any atom is 0.220 e. The molecular weight excluding hydrogens is 616 g/mol. The van der Waals surface area contributed by atoms with Gasteiger partial charge in [-0.1, -0.05) is 0 Å². The van der Waals surface area contributed by atoms with Crippen molar-refractivity contribution in [2.24, 2.45) is 0 Å². The molecule has 0 aliphatic heterocycles. The van der Waals surface area contributed by atoms with Crippen LogP contribution in [0.1, 0.15) is 77.6 Å². The second-order valence-electron chi connectivity index (χ2n) is 10.8. The van der Waals surface area contributed by atoms with E-state index in [2.05, 4.69) is 10.6 Å². The van der Waals surface area contributed by atoms with Crippen LogP contribution in [0.3, 0.4) is 0 Å². The predicted molar refractivity (Wildman–Crippen MR) is 161 cm³/mol. The Labute approximate surface area is 268 Å². The fourth-order valence-corrected chi connectivity index (χ4v) is 4.04. The molecule has 0 rings (SSSR count). The first-order valence-electron chi connectivity index (χ1n) is 15.5. The molecule has 0 heterocycles. The highest BCUT2D eigenvalue weighted by Gasteiger charge is 2.30. The minimum atomic E-state index is -1.87. The summed E-state index contributed by atoms with van der Waals surface area (Å²) in [5.41, 5.74) is 0. The van der Waals surface area contributed by atoms with E-state index < -0.39 is 67.8 Å². The molecule has 0 aromatic carbocycles. The Morgan fingerprint density at radius 1 is 0.674 bits per heavy atom. The van der Waals surface area contributed by atoms with Gasteiger partial charge in [-0.25, -0.2) is 0 Å². The number of aliphatic hydroxyl groups excluding tert-OH is 10. The third-order valence-electron chi connectivity index (χ3n) is 6.90. The third kappa shape index (κ3) is 19.3. The van der Waals surface area contributed by atoms with Gasteiger partial charge in [0.15, 0.2) is 23.6 Å². The Morgan fingerprint density at radius 3 is 1.85 bits per heavy atom. The van der Waals surface area contributed by atoms with E-state index in [1.165, 1.54) is 6.92 Å².